The average Bonchev–Trinajstić information content (AvgIpc) is 2.53. The van der Waals surface area contributed by atoms with E-state index in [0.29, 0.717) is 17.2 Å². The van der Waals surface area contributed by atoms with E-state index in [4.69, 9.17) is 4.74 Å². The third-order valence-electron chi connectivity index (χ3n) is 3.38. The molecular weight excluding hydrogens is 260 g/mol. The number of methoxy groups -OCH3 is 1. The van der Waals surface area contributed by atoms with Gasteiger partial charge in [0.05, 0.1) is 7.11 Å². The Labute approximate surface area is 126 Å². The first kappa shape index (κ1) is 15.0. The number of ketones is 1. The molecule has 21 heavy (non-hydrogen) atoms. The van der Waals surface area contributed by atoms with Crippen LogP contribution in [0.15, 0.2) is 54.6 Å². The van der Waals surface area contributed by atoms with Crippen molar-refractivity contribution in [3.8, 4) is 5.75 Å². The van der Waals surface area contributed by atoms with Crippen molar-refractivity contribution in [3.05, 3.63) is 71.3 Å². The molecule has 2 aromatic rings. The molecule has 0 atom stereocenters. The summed E-state index contributed by atoms with van der Waals surface area (Å²) in [5.74, 6) is 1.18. The van der Waals surface area contributed by atoms with Crippen molar-refractivity contribution in [1.82, 2.24) is 0 Å². The second kappa shape index (κ2) is 6.89. The third kappa shape index (κ3) is 4.06. The number of hydrogen-bond acceptors (Lipinski definition) is 2. The molecule has 108 valence electrons. The van der Waals surface area contributed by atoms with Crippen LogP contribution in [-0.2, 0) is 0 Å². The molecule has 0 amide bonds. The quantitative estimate of drug-likeness (QED) is 0.585. The Bertz CT molecular complexity index is 637. The molecule has 0 saturated heterocycles. The lowest BCUT2D eigenvalue weighted by molar-refractivity contribution is 0.104. The maximum atomic E-state index is 12.1. The van der Waals surface area contributed by atoms with Gasteiger partial charge in [-0.3, -0.25) is 4.79 Å². The molecule has 0 spiro atoms. The van der Waals surface area contributed by atoms with Crippen LogP contribution in [0.5, 0.6) is 5.75 Å². The SMILES string of the molecule is COc1cccc(C(=O)C=Cc2ccc(C(C)C)cc2)c1. The lowest BCUT2D eigenvalue weighted by Crippen LogP contribution is -1.95. The van der Waals surface area contributed by atoms with Gasteiger partial charge in [-0.2, -0.15) is 0 Å². The van der Waals surface area contributed by atoms with Crippen LogP contribution in [0.2, 0.25) is 0 Å². The van der Waals surface area contributed by atoms with E-state index < -0.39 is 0 Å². The minimum absolute atomic E-state index is 0.0261. The number of ether oxygens (including phenoxy) is 1. The van der Waals surface area contributed by atoms with Crippen molar-refractivity contribution >= 4 is 11.9 Å². The summed E-state index contributed by atoms with van der Waals surface area (Å²) < 4.78 is 5.13. The van der Waals surface area contributed by atoms with E-state index in [0.717, 1.165) is 5.56 Å². The number of rotatable bonds is 5. The summed E-state index contributed by atoms with van der Waals surface area (Å²) in [6.07, 6.45) is 3.44. The van der Waals surface area contributed by atoms with Crippen LogP contribution < -0.4 is 4.74 Å². The Hall–Kier alpha value is -2.35. The second-order valence-corrected chi connectivity index (χ2v) is 5.25. The van der Waals surface area contributed by atoms with E-state index >= 15 is 0 Å². The van der Waals surface area contributed by atoms with E-state index in [1.165, 1.54) is 5.56 Å². The van der Waals surface area contributed by atoms with Crippen LogP contribution in [0.3, 0.4) is 0 Å². The van der Waals surface area contributed by atoms with Crippen LogP contribution in [0, 0.1) is 0 Å². The van der Waals surface area contributed by atoms with Crippen molar-refractivity contribution < 1.29 is 9.53 Å². The zero-order valence-corrected chi connectivity index (χ0v) is 12.7. The summed E-state index contributed by atoms with van der Waals surface area (Å²) in [5, 5.41) is 0. The van der Waals surface area contributed by atoms with Crippen molar-refractivity contribution in [2.24, 2.45) is 0 Å². The van der Waals surface area contributed by atoms with Gasteiger partial charge in [-0.1, -0.05) is 56.3 Å². The summed E-state index contributed by atoms with van der Waals surface area (Å²) in [5.41, 5.74) is 2.95. The average molecular weight is 280 g/mol. The van der Waals surface area contributed by atoms with Crippen LogP contribution in [0.4, 0.5) is 0 Å². The zero-order chi connectivity index (χ0) is 15.2. The molecule has 0 fully saturated rings. The molecule has 0 unspecified atom stereocenters. The van der Waals surface area contributed by atoms with E-state index in [-0.39, 0.29) is 5.78 Å². The maximum absolute atomic E-state index is 12.1. The molecule has 0 N–H and O–H groups in total. The van der Waals surface area contributed by atoms with Gasteiger partial charge in [0.2, 0.25) is 0 Å². The Morgan fingerprint density at radius 3 is 2.43 bits per heavy atom. The van der Waals surface area contributed by atoms with Gasteiger partial charge < -0.3 is 4.74 Å². The zero-order valence-electron chi connectivity index (χ0n) is 12.7. The third-order valence-corrected chi connectivity index (χ3v) is 3.38. The fraction of sp³-hybridized carbons (Fsp3) is 0.211. The largest absolute Gasteiger partial charge is 0.497 e. The van der Waals surface area contributed by atoms with Gasteiger partial charge in [0.1, 0.15) is 5.75 Å². The minimum Gasteiger partial charge on any atom is -0.497 e. The number of carbonyl (C=O) groups excluding carboxylic acids is 1. The van der Waals surface area contributed by atoms with E-state index in [1.807, 2.05) is 30.3 Å². The first-order chi connectivity index (χ1) is 10.1. The van der Waals surface area contributed by atoms with E-state index in [9.17, 15) is 4.79 Å². The summed E-state index contributed by atoms with van der Waals surface area (Å²) in [4.78, 5) is 12.1. The summed E-state index contributed by atoms with van der Waals surface area (Å²) >= 11 is 0. The monoisotopic (exact) mass is 280 g/mol. The Morgan fingerprint density at radius 2 is 1.81 bits per heavy atom. The van der Waals surface area contributed by atoms with Crippen molar-refractivity contribution in [2.75, 3.05) is 7.11 Å². The van der Waals surface area contributed by atoms with E-state index in [2.05, 4.69) is 26.0 Å². The molecule has 0 saturated carbocycles. The molecule has 2 rings (SSSR count). The minimum atomic E-state index is -0.0261. The molecule has 0 aliphatic heterocycles. The molecule has 0 bridgehead atoms. The highest BCUT2D eigenvalue weighted by atomic mass is 16.5. The molecular formula is C19H20O2. The number of carbonyl (C=O) groups is 1. The topological polar surface area (TPSA) is 26.3 Å². The summed E-state index contributed by atoms with van der Waals surface area (Å²) in [7, 11) is 1.59. The Kier molecular flexibility index (Phi) is 4.94. The first-order valence-corrected chi connectivity index (χ1v) is 7.06. The maximum Gasteiger partial charge on any atom is 0.185 e. The van der Waals surface area contributed by atoms with Gasteiger partial charge in [0.15, 0.2) is 5.78 Å². The number of allylic oxidation sites excluding steroid dienone is 1. The Morgan fingerprint density at radius 1 is 1.10 bits per heavy atom. The molecule has 0 aromatic heterocycles. The highest BCUT2D eigenvalue weighted by Crippen LogP contribution is 2.16. The summed E-state index contributed by atoms with van der Waals surface area (Å²) in [6, 6.07) is 15.4. The lowest BCUT2D eigenvalue weighted by Gasteiger charge is -2.04. The van der Waals surface area contributed by atoms with Crippen LogP contribution in [0.1, 0.15) is 41.3 Å². The normalized spacial score (nSPS) is 11.0. The van der Waals surface area contributed by atoms with Gasteiger partial charge in [-0.05, 0) is 35.3 Å². The van der Waals surface area contributed by atoms with Crippen molar-refractivity contribution in [1.29, 1.82) is 0 Å². The molecule has 0 aliphatic carbocycles. The predicted octanol–water partition coefficient (Wildman–Crippen LogP) is 4.71. The predicted molar refractivity (Wildman–Crippen MR) is 86.9 cm³/mol. The van der Waals surface area contributed by atoms with Gasteiger partial charge in [-0.15, -0.1) is 0 Å². The highest BCUT2D eigenvalue weighted by molar-refractivity contribution is 6.07. The Balaban J connectivity index is 2.10. The molecule has 2 aromatic carbocycles. The number of benzene rings is 2. The number of hydrogen-bond donors (Lipinski definition) is 0. The first-order valence-electron chi connectivity index (χ1n) is 7.06. The van der Waals surface area contributed by atoms with Gasteiger partial charge in [0.25, 0.3) is 0 Å². The summed E-state index contributed by atoms with van der Waals surface area (Å²) in [6.45, 7) is 4.33. The second-order valence-electron chi connectivity index (χ2n) is 5.25. The fourth-order valence-electron chi connectivity index (χ4n) is 2.04. The molecule has 0 heterocycles. The van der Waals surface area contributed by atoms with Gasteiger partial charge in [0, 0.05) is 5.56 Å². The van der Waals surface area contributed by atoms with Gasteiger partial charge in [-0.25, -0.2) is 0 Å². The van der Waals surface area contributed by atoms with E-state index in [1.54, 1.807) is 25.3 Å². The van der Waals surface area contributed by atoms with Gasteiger partial charge >= 0.3 is 0 Å². The lowest BCUT2D eigenvalue weighted by atomic mass is 10.0. The molecule has 0 aliphatic rings. The van der Waals surface area contributed by atoms with Crippen LogP contribution in [-0.4, -0.2) is 12.9 Å². The van der Waals surface area contributed by atoms with Crippen molar-refractivity contribution in [3.63, 3.8) is 0 Å². The molecule has 2 nitrogen and oxygen atoms in total. The standard InChI is InChI=1S/C19H20O2/c1-14(2)16-10-7-15(8-11-16)9-12-19(20)17-5-4-6-18(13-17)21-3/h4-14H,1-3H3. The van der Waals surface area contributed by atoms with Crippen molar-refractivity contribution in [2.45, 2.75) is 19.8 Å². The fourth-order valence-corrected chi connectivity index (χ4v) is 2.04. The van der Waals surface area contributed by atoms with Crippen LogP contribution >= 0.6 is 0 Å². The highest BCUT2D eigenvalue weighted by Gasteiger charge is 2.03. The molecule has 0 radical (unpaired) electrons. The smallest absolute Gasteiger partial charge is 0.185 e. The van der Waals surface area contributed by atoms with Crippen LogP contribution in [0.25, 0.3) is 6.08 Å². The molecule has 2 heteroatoms.